The number of carbonyl (C=O) groups excluding carboxylic acids is 1. The van der Waals surface area contributed by atoms with Crippen molar-refractivity contribution in [3.05, 3.63) is 48.5 Å². The molecule has 5 heteroatoms. The number of nitrogens with one attached hydrogen (secondary N) is 1. The Balaban J connectivity index is 1.56. The Labute approximate surface area is 130 Å². The predicted octanol–water partition coefficient (Wildman–Crippen LogP) is 2.83. The average molecular weight is 299 g/mol. The van der Waals surface area contributed by atoms with Crippen LogP contribution in [0.15, 0.2) is 43.0 Å². The fourth-order valence-corrected chi connectivity index (χ4v) is 2.73. The highest BCUT2D eigenvalue weighted by molar-refractivity contribution is 5.91. The molecular weight excluding hydrogens is 278 g/mol. The van der Waals surface area contributed by atoms with Crippen molar-refractivity contribution in [2.24, 2.45) is 0 Å². The number of hydrogen-bond donors (Lipinski definition) is 1. The first kappa shape index (κ1) is 14.8. The molecule has 2 aromatic rings. The maximum atomic E-state index is 12.1. The Morgan fingerprint density at radius 3 is 3.14 bits per heavy atom. The van der Waals surface area contributed by atoms with Gasteiger partial charge in [-0.15, -0.1) is 0 Å². The highest BCUT2D eigenvalue weighted by atomic mass is 16.5. The molecule has 22 heavy (non-hydrogen) atoms. The average Bonchev–Trinajstić information content (AvgIpc) is 3.01. The molecule has 116 valence electrons. The van der Waals surface area contributed by atoms with Gasteiger partial charge in [-0.3, -0.25) is 4.79 Å². The fraction of sp³-hybridized carbons (Fsp3) is 0.412. The van der Waals surface area contributed by atoms with Crippen LogP contribution in [0.25, 0.3) is 0 Å². The van der Waals surface area contributed by atoms with Gasteiger partial charge in [0.25, 0.3) is 0 Å². The zero-order chi connectivity index (χ0) is 15.2. The minimum Gasteiger partial charge on any atom is -0.378 e. The molecule has 1 saturated heterocycles. The second-order valence-corrected chi connectivity index (χ2v) is 5.68. The topological polar surface area (TPSA) is 56.1 Å². The van der Waals surface area contributed by atoms with E-state index in [1.165, 1.54) is 0 Å². The Morgan fingerprint density at radius 2 is 2.36 bits per heavy atom. The highest BCUT2D eigenvalue weighted by Crippen LogP contribution is 2.17. The number of ether oxygens (including phenoxy) is 1. The molecular formula is C17H21N3O2. The fourth-order valence-electron chi connectivity index (χ4n) is 2.73. The lowest BCUT2D eigenvalue weighted by Gasteiger charge is -2.22. The van der Waals surface area contributed by atoms with Crippen molar-refractivity contribution in [3.8, 4) is 0 Å². The first-order valence-corrected chi connectivity index (χ1v) is 7.76. The summed E-state index contributed by atoms with van der Waals surface area (Å²) < 4.78 is 7.61. The van der Waals surface area contributed by atoms with Gasteiger partial charge in [0.15, 0.2) is 0 Å². The number of rotatable bonds is 5. The van der Waals surface area contributed by atoms with Gasteiger partial charge in [-0.25, -0.2) is 4.98 Å². The number of benzene rings is 1. The van der Waals surface area contributed by atoms with E-state index in [2.05, 4.69) is 10.3 Å². The summed E-state index contributed by atoms with van der Waals surface area (Å²) in [5.74, 6) is 0.0201. The van der Waals surface area contributed by atoms with Gasteiger partial charge in [-0.2, -0.15) is 0 Å². The van der Waals surface area contributed by atoms with Gasteiger partial charge < -0.3 is 14.6 Å². The SMILES string of the molecule is O=C(CC1CCCCO1)Nc1cccc(Cn2ccnc2)c1. The van der Waals surface area contributed by atoms with Gasteiger partial charge in [-0.05, 0) is 37.0 Å². The smallest absolute Gasteiger partial charge is 0.226 e. The van der Waals surface area contributed by atoms with E-state index < -0.39 is 0 Å². The van der Waals surface area contributed by atoms with Crippen molar-refractivity contribution in [3.63, 3.8) is 0 Å². The van der Waals surface area contributed by atoms with Crippen LogP contribution in [0, 0.1) is 0 Å². The Morgan fingerprint density at radius 1 is 1.41 bits per heavy atom. The molecule has 1 amide bonds. The second-order valence-electron chi connectivity index (χ2n) is 5.68. The van der Waals surface area contributed by atoms with Crippen LogP contribution in [0.2, 0.25) is 0 Å². The minimum atomic E-state index is 0.0201. The molecule has 0 spiro atoms. The Bertz CT molecular complexity index is 604. The molecule has 1 N–H and O–H groups in total. The monoisotopic (exact) mass is 299 g/mol. The summed E-state index contributed by atoms with van der Waals surface area (Å²) >= 11 is 0. The summed E-state index contributed by atoms with van der Waals surface area (Å²) in [7, 11) is 0. The number of nitrogens with zero attached hydrogens (tertiary/aromatic N) is 2. The number of amides is 1. The molecule has 0 radical (unpaired) electrons. The van der Waals surface area contributed by atoms with Gasteiger partial charge in [0.1, 0.15) is 0 Å². The van der Waals surface area contributed by atoms with E-state index in [-0.39, 0.29) is 12.0 Å². The van der Waals surface area contributed by atoms with E-state index >= 15 is 0 Å². The number of anilines is 1. The number of aromatic nitrogens is 2. The molecule has 0 bridgehead atoms. The molecule has 5 nitrogen and oxygen atoms in total. The van der Waals surface area contributed by atoms with Crippen molar-refractivity contribution in [1.82, 2.24) is 9.55 Å². The summed E-state index contributed by atoms with van der Waals surface area (Å²) in [6.07, 6.45) is 9.21. The van der Waals surface area contributed by atoms with Gasteiger partial charge in [-0.1, -0.05) is 12.1 Å². The summed E-state index contributed by atoms with van der Waals surface area (Å²) in [5, 5.41) is 2.97. The first-order chi connectivity index (χ1) is 10.8. The molecule has 1 fully saturated rings. The predicted molar refractivity (Wildman–Crippen MR) is 84.6 cm³/mol. The van der Waals surface area contributed by atoms with Crippen LogP contribution < -0.4 is 5.32 Å². The third-order valence-electron chi connectivity index (χ3n) is 3.82. The van der Waals surface area contributed by atoms with E-state index in [1.54, 1.807) is 12.5 Å². The van der Waals surface area contributed by atoms with Crippen LogP contribution >= 0.6 is 0 Å². The van der Waals surface area contributed by atoms with Crippen LogP contribution in [0.1, 0.15) is 31.2 Å². The van der Waals surface area contributed by atoms with Crippen LogP contribution in [0.4, 0.5) is 5.69 Å². The molecule has 1 unspecified atom stereocenters. The normalized spacial score (nSPS) is 18.1. The Kier molecular flexibility index (Phi) is 4.85. The van der Waals surface area contributed by atoms with Gasteiger partial charge >= 0.3 is 0 Å². The van der Waals surface area contributed by atoms with Crippen LogP contribution in [-0.2, 0) is 16.1 Å². The molecule has 1 aliphatic rings. The highest BCUT2D eigenvalue weighted by Gasteiger charge is 2.17. The van der Waals surface area contributed by atoms with Crippen molar-refractivity contribution in [1.29, 1.82) is 0 Å². The van der Waals surface area contributed by atoms with Gasteiger partial charge in [0.05, 0.1) is 18.9 Å². The second kappa shape index (κ2) is 7.22. The molecule has 0 aliphatic carbocycles. The number of imidazole rings is 1. The van der Waals surface area contributed by atoms with Crippen LogP contribution in [0.5, 0.6) is 0 Å². The van der Waals surface area contributed by atoms with Crippen molar-refractivity contribution < 1.29 is 9.53 Å². The van der Waals surface area contributed by atoms with Gasteiger partial charge in [0, 0.05) is 31.2 Å². The molecule has 1 aromatic heterocycles. The lowest BCUT2D eigenvalue weighted by atomic mass is 10.1. The molecule has 1 aliphatic heterocycles. The molecule has 2 heterocycles. The largest absolute Gasteiger partial charge is 0.378 e. The van der Waals surface area contributed by atoms with Gasteiger partial charge in [0.2, 0.25) is 5.91 Å². The van der Waals surface area contributed by atoms with E-state index in [0.717, 1.165) is 43.7 Å². The Hall–Kier alpha value is -2.14. The van der Waals surface area contributed by atoms with Crippen molar-refractivity contribution >= 4 is 11.6 Å². The summed E-state index contributed by atoms with van der Waals surface area (Å²) in [4.78, 5) is 16.1. The molecule has 3 rings (SSSR count). The van der Waals surface area contributed by atoms with E-state index in [9.17, 15) is 4.79 Å². The van der Waals surface area contributed by atoms with Crippen LogP contribution in [-0.4, -0.2) is 28.2 Å². The standard InChI is InChI=1S/C17H21N3O2/c21-17(11-16-6-1-2-9-22-16)19-15-5-3-4-14(10-15)12-20-8-7-18-13-20/h3-5,7-8,10,13,16H,1-2,6,9,11-12H2,(H,19,21). The zero-order valence-electron chi connectivity index (χ0n) is 12.6. The van der Waals surface area contributed by atoms with E-state index in [1.807, 2.05) is 35.0 Å². The third-order valence-corrected chi connectivity index (χ3v) is 3.82. The van der Waals surface area contributed by atoms with Crippen molar-refractivity contribution in [2.75, 3.05) is 11.9 Å². The first-order valence-electron chi connectivity index (χ1n) is 7.76. The maximum absolute atomic E-state index is 12.1. The van der Waals surface area contributed by atoms with Crippen LogP contribution in [0.3, 0.4) is 0 Å². The lowest BCUT2D eigenvalue weighted by Crippen LogP contribution is -2.25. The minimum absolute atomic E-state index is 0.0201. The quantitative estimate of drug-likeness (QED) is 0.923. The summed E-state index contributed by atoms with van der Waals surface area (Å²) in [6, 6.07) is 7.91. The lowest BCUT2D eigenvalue weighted by molar-refractivity contribution is -0.119. The van der Waals surface area contributed by atoms with E-state index in [0.29, 0.717) is 6.42 Å². The zero-order valence-corrected chi connectivity index (χ0v) is 12.6. The molecule has 1 atom stereocenters. The maximum Gasteiger partial charge on any atom is 0.226 e. The van der Waals surface area contributed by atoms with Crippen molar-refractivity contribution in [2.45, 2.75) is 38.3 Å². The molecule has 0 saturated carbocycles. The summed E-state index contributed by atoms with van der Waals surface area (Å²) in [5.41, 5.74) is 1.96. The molecule has 1 aromatic carbocycles. The summed E-state index contributed by atoms with van der Waals surface area (Å²) in [6.45, 7) is 1.52. The third kappa shape index (κ3) is 4.18. The number of carbonyl (C=O) groups is 1. The van der Waals surface area contributed by atoms with E-state index in [4.69, 9.17) is 4.74 Å². The number of hydrogen-bond acceptors (Lipinski definition) is 3.